The molecule has 0 aliphatic carbocycles. The summed E-state index contributed by atoms with van der Waals surface area (Å²) in [6.07, 6.45) is 0. The van der Waals surface area contributed by atoms with Gasteiger partial charge in [0, 0.05) is 0 Å². The van der Waals surface area contributed by atoms with Crippen molar-refractivity contribution >= 4 is 39.2 Å². The van der Waals surface area contributed by atoms with Crippen LogP contribution in [0.4, 0.5) is 5.69 Å². The molecule has 1 aliphatic heterocycles. The number of amides is 1. The molecular weight excluding hydrogens is 364 g/mol. The predicted octanol–water partition coefficient (Wildman–Crippen LogP) is 1.10. The van der Waals surface area contributed by atoms with Crippen LogP contribution in [0, 0.1) is 0 Å². The minimum atomic E-state index is -4.37. The zero-order chi connectivity index (χ0) is 19.6. The molecule has 0 saturated heterocycles. The molecule has 0 radical (unpaired) electrons. The molecule has 0 spiro atoms. The van der Waals surface area contributed by atoms with E-state index in [1.807, 2.05) is 0 Å². The molecule has 26 heavy (non-hydrogen) atoms. The van der Waals surface area contributed by atoms with Gasteiger partial charge in [0.1, 0.15) is 5.57 Å². The predicted molar refractivity (Wildman–Crippen MR) is 91.2 cm³/mol. The molecule has 0 bridgehead atoms. The Labute approximate surface area is 149 Å². The van der Waals surface area contributed by atoms with Gasteiger partial charge in [0.15, 0.2) is 5.78 Å². The van der Waals surface area contributed by atoms with Crippen molar-refractivity contribution in [1.29, 1.82) is 0 Å². The molecule has 1 aromatic carbocycles. The Morgan fingerprint density at radius 1 is 1.23 bits per heavy atom. The molecule has 0 saturated carbocycles. The van der Waals surface area contributed by atoms with Crippen LogP contribution in [-0.2, 0) is 29.2 Å². The van der Waals surface area contributed by atoms with Gasteiger partial charge in [0.25, 0.3) is 16.0 Å². The minimum absolute atomic E-state index is 0.0358. The van der Waals surface area contributed by atoms with Gasteiger partial charge >= 0.3 is 5.97 Å². The summed E-state index contributed by atoms with van der Waals surface area (Å²) in [5, 5.41) is 4.96. The number of anilines is 1. The molecule has 1 amide bonds. The summed E-state index contributed by atoms with van der Waals surface area (Å²) in [4.78, 5) is 36.2. The quantitative estimate of drug-likeness (QED) is 0.266. The topological polar surface area (TPSA) is 130 Å². The lowest BCUT2D eigenvalue weighted by Gasteiger charge is -2.13. The van der Waals surface area contributed by atoms with Crippen LogP contribution in [-0.4, -0.2) is 42.9 Å². The first-order valence-electron chi connectivity index (χ1n) is 7.47. The highest BCUT2D eigenvalue weighted by molar-refractivity contribution is 7.85. The molecular formula is C16H16N2O7S. The van der Waals surface area contributed by atoms with E-state index >= 15 is 0 Å². The average Bonchev–Trinajstić information content (AvgIpc) is 2.83. The SMILES string of the molecule is CCOC(=O)/C(C(C)=O)=C1\C(=O)N(c2ccc(S(=O)(=O)O)cc2)N=C1C. The second-order valence-corrected chi connectivity index (χ2v) is 6.72. The van der Waals surface area contributed by atoms with Crippen molar-refractivity contribution in [3.05, 3.63) is 35.4 Å². The highest BCUT2D eigenvalue weighted by Gasteiger charge is 2.36. The number of ketones is 1. The van der Waals surface area contributed by atoms with Gasteiger partial charge in [-0.25, -0.2) is 4.79 Å². The summed E-state index contributed by atoms with van der Waals surface area (Å²) < 4.78 is 36.0. The van der Waals surface area contributed by atoms with Crippen molar-refractivity contribution in [2.45, 2.75) is 25.7 Å². The fourth-order valence-corrected chi connectivity index (χ4v) is 2.83. The molecule has 1 heterocycles. The number of carbonyl (C=O) groups is 3. The summed E-state index contributed by atoms with van der Waals surface area (Å²) in [7, 11) is -4.37. The van der Waals surface area contributed by atoms with Gasteiger partial charge in [-0.2, -0.15) is 18.5 Å². The number of hydrogen-bond donors (Lipinski definition) is 1. The van der Waals surface area contributed by atoms with Crippen molar-refractivity contribution in [1.82, 2.24) is 0 Å². The highest BCUT2D eigenvalue weighted by Crippen LogP contribution is 2.27. The molecule has 0 unspecified atom stereocenters. The van der Waals surface area contributed by atoms with Crippen LogP contribution in [0.3, 0.4) is 0 Å². The second kappa shape index (κ2) is 7.18. The van der Waals surface area contributed by atoms with E-state index < -0.39 is 33.4 Å². The Bertz CT molecular complexity index is 943. The number of hydrazone groups is 1. The summed E-state index contributed by atoms with van der Waals surface area (Å²) in [5.74, 6) is -2.27. The normalized spacial score (nSPS) is 16.4. The molecule has 9 nitrogen and oxygen atoms in total. The van der Waals surface area contributed by atoms with Gasteiger partial charge in [0.2, 0.25) is 0 Å². The van der Waals surface area contributed by atoms with Crippen LogP contribution < -0.4 is 5.01 Å². The van der Waals surface area contributed by atoms with E-state index in [0.717, 1.165) is 24.1 Å². The maximum absolute atomic E-state index is 12.7. The maximum Gasteiger partial charge on any atom is 0.342 e. The maximum atomic E-state index is 12.7. The third-order valence-electron chi connectivity index (χ3n) is 3.48. The second-order valence-electron chi connectivity index (χ2n) is 5.30. The van der Waals surface area contributed by atoms with Gasteiger partial charge in [0.05, 0.1) is 28.5 Å². The molecule has 0 aromatic heterocycles. The number of rotatable bonds is 5. The van der Waals surface area contributed by atoms with Gasteiger partial charge in [-0.3, -0.25) is 14.1 Å². The van der Waals surface area contributed by atoms with Gasteiger partial charge < -0.3 is 4.74 Å². The monoisotopic (exact) mass is 380 g/mol. The number of nitrogens with zero attached hydrogens (tertiary/aromatic N) is 2. The summed E-state index contributed by atoms with van der Waals surface area (Å²) in [6.45, 7) is 4.21. The van der Waals surface area contributed by atoms with Crippen molar-refractivity contribution in [2.75, 3.05) is 11.6 Å². The van der Waals surface area contributed by atoms with Gasteiger partial charge in [-0.15, -0.1) is 0 Å². The van der Waals surface area contributed by atoms with Crippen molar-refractivity contribution in [2.24, 2.45) is 5.10 Å². The van der Waals surface area contributed by atoms with Crippen LogP contribution in [0.5, 0.6) is 0 Å². The fraction of sp³-hybridized carbons (Fsp3) is 0.250. The van der Waals surface area contributed by atoms with E-state index in [2.05, 4.69) is 5.10 Å². The Morgan fingerprint density at radius 2 is 1.81 bits per heavy atom. The number of Topliss-reactive ketones (excluding diaryl/α,β-unsaturated/α-hetero) is 1. The smallest absolute Gasteiger partial charge is 0.342 e. The van der Waals surface area contributed by atoms with Crippen molar-refractivity contribution in [3.63, 3.8) is 0 Å². The largest absolute Gasteiger partial charge is 0.462 e. The third kappa shape index (κ3) is 3.70. The molecule has 2 rings (SSSR count). The lowest BCUT2D eigenvalue weighted by atomic mass is 10.0. The summed E-state index contributed by atoms with van der Waals surface area (Å²) in [5.41, 5.74) is -0.222. The molecule has 1 aromatic rings. The van der Waals surface area contributed by atoms with Crippen LogP contribution in [0.15, 0.2) is 45.4 Å². The number of ether oxygens (including phenoxy) is 1. The first-order chi connectivity index (χ1) is 12.1. The highest BCUT2D eigenvalue weighted by atomic mass is 32.2. The standard InChI is InChI=1S/C16H16N2O7S/c1-4-25-16(21)14(10(3)19)13-9(2)17-18(15(13)20)11-5-7-12(8-6-11)26(22,23)24/h5-8H,4H2,1-3H3,(H,22,23,24)/b14-13-. The lowest BCUT2D eigenvalue weighted by molar-refractivity contribution is -0.140. The minimum Gasteiger partial charge on any atom is -0.462 e. The molecule has 0 fully saturated rings. The number of carbonyl (C=O) groups excluding carboxylic acids is 3. The van der Waals surface area contributed by atoms with Crippen LogP contribution in [0.1, 0.15) is 20.8 Å². The summed E-state index contributed by atoms with van der Waals surface area (Å²) in [6, 6.07) is 4.72. The third-order valence-corrected chi connectivity index (χ3v) is 4.35. The van der Waals surface area contributed by atoms with Gasteiger partial charge in [-0.1, -0.05) is 0 Å². The van der Waals surface area contributed by atoms with Crippen LogP contribution in [0.25, 0.3) is 0 Å². The molecule has 1 aliphatic rings. The average molecular weight is 380 g/mol. The van der Waals surface area contributed by atoms with E-state index in [1.54, 1.807) is 6.92 Å². The number of hydrogen-bond acceptors (Lipinski definition) is 7. The van der Waals surface area contributed by atoms with E-state index in [9.17, 15) is 22.8 Å². The Hall–Kier alpha value is -2.85. The first kappa shape index (κ1) is 19.5. The van der Waals surface area contributed by atoms with E-state index in [-0.39, 0.29) is 28.5 Å². The lowest BCUT2D eigenvalue weighted by Crippen LogP contribution is -2.26. The fourth-order valence-electron chi connectivity index (χ4n) is 2.35. The van der Waals surface area contributed by atoms with Gasteiger partial charge in [-0.05, 0) is 45.0 Å². The van der Waals surface area contributed by atoms with Crippen molar-refractivity contribution in [3.8, 4) is 0 Å². The zero-order valence-corrected chi connectivity index (χ0v) is 15.0. The Kier molecular flexibility index (Phi) is 5.38. The zero-order valence-electron chi connectivity index (χ0n) is 14.2. The van der Waals surface area contributed by atoms with Crippen LogP contribution >= 0.6 is 0 Å². The summed E-state index contributed by atoms with van der Waals surface area (Å²) >= 11 is 0. The van der Waals surface area contributed by atoms with E-state index in [4.69, 9.17) is 9.29 Å². The van der Waals surface area contributed by atoms with Crippen molar-refractivity contribution < 1.29 is 32.1 Å². The Balaban J connectivity index is 2.48. The molecule has 10 heteroatoms. The van der Waals surface area contributed by atoms with E-state index in [0.29, 0.717) is 0 Å². The van der Waals surface area contributed by atoms with Crippen LogP contribution in [0.2, 0.25) is 0 Å². The number of esters is 1. The molecule has 0 atom stereocenters. The molecule has 1 N–H and O–H groups in total. The van der Waals surface area contributed by atoms with E-state index in [1.165, 1.54) is 19.1 Å². The Morgan fingerprint density at radius 3 is 2.27 bits per heavy atom. The molecule has 138 valence electrons. The number of benzene rings is 1. The first-order valence-corrected chi connectivity index (χ1v) is 8.91.